The Morgan fingerprint density at radius 1 is 1.40 bits per heavy atom. The fourth-order valence-electron chi connectivity index (χ4n) is 1.75. The van der Waals surface area contributed by atoms with Crippen molar-refractivity contribution in [2.24, 2.45) is 0 Å². The van der Waals surface area contributed by atoms with Gasteiger partial charge in [0, 0.05) is 22.6 Å². The van der Waals surface area contributed by atoms with E-state index in [1.807, 2.05) is 25.1 Å². The number of hydrogen-bond donors (Lipinski definition) is 1. The highest BCUT2D eigenvalue weighted by atomic mass is 79.9. The molecule has 1 N–H and O–H groups in total. The van der Waals surface area contributed by atoms with E-state index in [9.17, 15) is 0 Å². The van der Waals surface area contributed by atoms with Crippen LogP contribution >= 0.6 is 31.9 Å². The average Bonchev–Trinajstić information content (AvgIpc) is 2.91. The number of benzene rings is 1. The summed E-state index contributed by atoms with van der Waals surface area (Å²) in [6.45, 7) is 3.40. The molecule has 1 aromatic heterocycles. The zero-order chi connectivity index (χ0) is 14.5. The Hall–Kier alpha value is -0.830. The number of nitrogens with zero attached hydrogens (tertiary/aromatic N) is 4. The van der Waals surface area contributed by atoms with Crippen LogP contribution in [-0.4, -0.2) is 40.5 Å². The molecule has 0 radical (unpaired) electrons. The van der Waals surface area contributed by atoms with Gasteiger partial charge >= 0.3 is 0 Å². The number of ether oxygens (including phenoxy) is 1. The molecule has 0 saturated heterocycles. The Morgan fingerprint density at radius 2 is 2.20 bits per heavy atom. The predicted molar refractivity (Wildman–Crippen MR) is 82.8 cm³/mol. The van der Waals surface area contributed by atoms with Crippen LogP contribution in [0, 0.1) is 0 Å². The Balaban J connectivity index is 2.26. The lowest BCUT2D eigenvalue weighted by molar-refractivity contribution is 0.196. The summed E-state index contributed by atoms with van der Waals surface area (Å²) in [5.74, 6) is 0.750. The fourth-order valence-corrected chi connectivity index (χ4v) is 2.52. The molecule has 0 aliphatic rings. The first-order valence-electron chi connectivity index (χ1n) is 6.09. The SMILES string of the molecule is COCCNC(C)c1nnnn1-c1cc(Br)ccc1Br. The minimum absolute atomic E-state index is 0.0195. The average molecular weight is 405 g/mol. The highest BCUT2D eigenvalue weighted by Crippen LogP contribution is 2.26. The van der Waals surface area contributed by atoms with Crippen molar-refractivity contribution in [1.29, 1.82) is 0 Å². The van der Waals surface area contributed by atoms with Gasteiger partial charge in [-0.2, -0.15) is 4.68 Å². The lowest BCUT2D eigenvalue weighted by Gasteiger charge is -2.14. The quantitative estimate of drug-likeness (QED) is 0.749. The fraction of sp³-hybridized carbons (Fsp3) is 0.417. The van der Waals surface area contributed by atoms with Gasteiger partial charge in [0.25, 0.3) is 0 Å². The van der Waals surface area contributed by atoms with E-state index in [4.69, 9.17) is 4.74 Å². The predicted octanol–water partition coefficient (Wildman–Crippen LogP) is 2.48. The van der Waals surface area contributed by atoms with Gasteiger partial charge in [-0.25, -0.2) is 0 Å². The molecule has 0 bridgehead atoms. The van der Waals surface area contributed by atoms with Crippen LogP contribution in [0.15, 0.2) is 27.1 Å². The standard InChI is InChI=1S/C12H15Br2N5O/c1-8(15-5-6-20-2)12-16-17-18-19(12)11-7-9(13)3-4-10(11)14/h3-4,7-8,15H,5-6H2,1-2H3. The molecule has 2 aromatic rings. The van der Waals surface area contributed by atoms with Crippen LogP contribution in [0.5, 0.6) is 0 Å². The van der Waals surface area contributed by atoms with Gasteiger partial charge in [0.15, 0.2) is 5.82 Å². The highest BCUT2D eigenvalue weighted by molar-refractivity contribution is 9.11. The van der Waals surface area contributed by atoms with Crippen molar-refractivity contribution >= 4 is 31.9 Å². The Morgan fingerprint density at radius 3 is 2.95 bits per heavy atom. The Labute approximate surface area is 134 Å². The molecule has 2 rings (SSSR count). The molecule has 0 aliphatic carbocycles. The van der Waals surface area contributed by atoms with Gasteiger partial charge < -0.3 is 10.1 Å². The third kappa shape index (κ3) is 3.63. The zero-order valence-corrected chi connectivity index (χ0v) is 14.3. The van der Waals surface area contributed by atoms with Gasteiger partial charge in [-0.05, 0) is 51.5 Å². The van der Waals surface area contributed by atoms with Gasteiger partial charge in [-0.1, -0.05) is 15.9 Å². The molecular formula is C12H15Br2N5O. The lowest BCUT2D eigenvalue weighted by Crippen LogP contribution is -2.25. The first kappa shape index (κ1) is 15.6. The van der Waals surface area contributed by atoms with E-state index in [1.54, 1.807) is 11.8 Å². The molecule has 0 spiro atoms. The van der Waals surface area contributed by atoms with Crippen LogP contribution in [0.3, 0.4) is 0 Å². The second-order valence-electron chi connectivity index (χ2n) is 4.21. The third-order valence-electron chi connectivity index (χ3n) is 2.77. The summed E-state index contributed by atoms with van der Waals surface area (Å²) in [4.78, 5) is 0. The van der Waals surface area contributed by atoms with Crippen molar-refractivity contribution in [2.75, 3.05) is 20.3 Å². The largest absolute Gasteiger partial charge is 0.383 e. The number of tetrazole rings is 1. The number of hydrogen-bond acceptors (Lipinski definition) is 5. The number of methoxy groups -OCH3 is 1. The normalized spacial score (nSPS) is 12.6. The van der Waals surface area contributed by atoms with Gasteiger partial charge in [0.1, 0.15) is 0 Å². The van der Waals surface area contributed by atoms with Crippen molar-refractivity contribution in [3.05, 3.63) is 33.0 Å². The minimum Gasteiger partial charge on any atom is -0.383 e. The van der Waals surface area contributed by atoms with Crippen molar-refractivity contribution in [2.45, 2.75) is 13.0 Å². The van der Waals surface area contributed by atoms with Gasteiger partial charge in [0.05, 0.1) is 18.3 Å². The second-order valence-corrected chi connectivity index (χ2v) is 5.98. The van der Waals surface area contributed by atoms with E-state index < -0.39 is 0 Å². The lowest BCUT2D eigenvalue weighted by atomic mass is 10.3. The molecule has 108 valence electrons. The maximum atomic E-state index is 5.02. The number of halogens is 2. The monoisotopic (exact) mass is 403 g/mol. The molecule has 0 amide bonds. The van der Waals surface area contributed by atoms with Gasteiger partial charge in [-0.3, -0.25) is 0 Å². The van der Waals surface area contributed by atoms with Crippen molar-refractivity contribution in [3.63, 3.8) is 0 Å². The second kappa shape index (κ2) is 7.26. The van der Waals surface area contributed by atoms with E-state index in [2.05, 4.69) is 52.7 Å². The minimum atomic E-state index is 0.0195. The summed E-state index contributed by atoms with van der Waals surface area (Å²) in [5, 5.41) is 15.3. The molecule has 1 unspecified atom stereocenters. The zero-order valence-electron chi connectivity index (χ0n) is 11.2. The van der Waals surface area contributed by atoms with Crippen LogP contribution in [0.4, 0.5) is 0 Å². The van der Waals surface area contributed by atoms with Gasteiger partial charge in [-0.15, -0.1) is 5.10 Å². The third-order valence-corrected chi connectivity index (χ3v) is 3.94. The van der Waals surface area contributed by atoms with E-state index in [0.29, 0.717) is 6.61 Å². The molecule has 1 atom stereocenters. The van der Waals surface area contributed by atoms with Crippen LogP contribution in [0.25, 0.3) is 5.69 Å². The van der Waals surface area contributed by atoms with E-state index in [0.717, 1.165) is 27.0 Å². The van der Waals surface area contributed by atoms with Crippen molar-refractivity contribution < 1.29 is 4.74 Å². The summed E-state index contributed by atoms with van der Waals surface area (Å²) in [7, 11) is 1.68. The van der Waals surface area contributed by atoms with Crippen molar-refractivity contribution in [3.8, 4) is 5.69 Å². The molecule has 1 aromatic carbocycles. The molecule has 0 saturated carbocycles. The molecule has 1 heterocycles. The molecule has 6 nitrogen and oxygen atoms in total. The molecule has 8 heteroatoms. The summed E-state index contributed by atoms with van der Waals surface area (Å²) in [5.41, 5.74) is 0.889. The van der Waals surface area contributed by atoms with Gasteiger partial charge in [0.2, 0.25) is 0 Å². The highest BCUT2D eigenvalue weighted by Gasteiger charge is 2.17. The van der Waals surface area contributed by atoms with Crippen LogP contribution < -0.4 is 5.32 Å². The number of rotatable bonds is 6. The summed E-state index contributed by atoms with van der Waals surface area (Å²) in [6.07, 6.45) is 0. The Bertz CT molecular complexity index is 575. The van der Waals surface area contributed by atoms with E-state index in [1.165, 1.54) is 0 Å². The molecular weight excluding hydrogens is 390 g/mol. The van der Waals surface area contributed by atoms with E-state index >= 15 is 0 Å². The maximum absolute atomic E-state index is 5.02. The topological polar surface area (TPSA) is 64.9 Å². The summed E-state index contributed by atoms with van der Waals surface area (Å²) in [6, 6.07) is 5.89. The summed E-state index contributed by atoms with van der Waals surface area (Å²) >= 11 is 6.98. The maximum Gasteiger partial charge on any atom is 0.173 e. The number of nitrogens with one attached hydrogen (secondary N) is 1. The summed E-state index contributed by atoms with van der Waals surface area (Å²) < 4.78 is 8.64. The van der Waals surface area contributed by atoms with Crippen LogP contribution in [0.2, 0.25) is 0 Å². The van der Waals surface area contributed by atoms with Crippen molar-refractivity contribution in [1.82, 2.24) is 25.5 Å². The first-order valence-corrected chi connectivity index (χ1v) is 7.68. The van der Waals surface area contributed by atoms with E-state index in [-0.39, 0.29) is 6.04 Å². The van der Waals surface area contributed by atoms with Crippen LogP contribution in [0.1, 0.15) is 18.8 Å². The van der Waals surface area contributed by atoms with Crippen LogP contribution in [-0.2, 0) is 4.74 Å². The Kier molecular flexibility index (Phi) is 5.64. The number of aromatic nitrogens is 4. The molecule has 20 heavy (non-hydrogen) atoms. The first-order chi connectivity index (χ1) is 9.63. The smallest absolute Gasteiger partial charge is 0.173 e. The molecule has 0 fully saturated rings. The molecule has 0 aliphatic heterocycles.